The van der Waals surface area contributed by atoms with Gasteiger partial charge in [0, 0.05) is 33.4 Å². The van der Waals surface area contributed by atoms with Crippen LogP contribution in [-0.2, 0) is 6.42 Å². The van der Waals surface area contributed by atoms with Gasteiger partial charge in [-0.25, -0.2) is 0 Å². The molecule has 2 aromatic carbocycles. The van der Waals surface area contributed by atoms with E-state index >= 15 is 0 Å². The summed E-state index contributed by atoms with van der Waals surface area (Å²) >= 11 is 0. The third-order valence-corrected chi connectivity index (χ3v) is 4.16. The normalized spacial score (nSPS) is 11.5. The summed E-state index contributed by atoms with van der Waals surface area (Å²) in [4.78, 5) is 3.34. The summed E-state index contributed by atoms with van der Waals surface area (Å²) in [5.74, 6) is 0.651. The number of aromatic amines is 1. The predicted molar refractivity (Wildman–Crippen MR) is 98.4 cm³/mol. The molecule has 0 saturated heterocycles. The number of fused-ring (bicyclic) bond motifs is 2. The lowest BCUT2D eigenvalue weighted by atomic mass is 10.1. The molecule has 2 aromatic heterocycles. The molecule has 4 rings (SSSR count). The van der Waals surface area contributed by atoms with Crippen LogP contribution in [0.2, 0.25) is 0 Å². The zero-order valence-corrected chi connectivity index (χ0v) is 13.3. The quantitative estimate of drug-likeness (QED) is 0.440. The highest BCUT2D eigenvalue weighted by atomic mass is 15.3. The number of H-pyrrole nitrogens is 1. The fourth-order valence-electron chi connectivity index (χ4n) is 2.91. The summed E-state index contributed by atoms with van der Waals surface area (Å²) in [7, 11) is 0. The molecular formula is C19H17N5. The fraction of sp³-hybridized carbons (Fsp3) is 0.105. The number of rotatable bonds is 4. The van der Waals surface area contributed by atoms with Crippen molar-refractivity contribution in [2.45, 2.75) is 13.3 Å². The van der Waals surface area contributed by atoms with Crippen LogP contribution in [0, 0.1) is 0 Å². The molecule has 24 heavy (non-hydrogen) atoms. The monoisotopic (exact) mass is 315 g/mol. The Morgan fingerprint density at radius 3 is 2.92 bits per heavy atom. The van der Waals surface area contributed by atoms with E-state index in [0.29, 0.717) is 5.82 Å². The van der Waals surface area contributed by atoms with Gasteiger partial charge in [0.2, 0.25) is 0 Å². The van der Waals surface area contributed by atoms with E-state index in [0.717, 1.165) is 22.8 Å². The molecule has 0 aliphatic heterocycles. The molecular weight excluding hydrogens is 298 g/mol. The Labute approximate surface area is 139 Å². The van der Waals surface area contributed by atoms with Crippen molar-refractivity contribution in [3.05, 3.63) is 66.0 Å². The molecule has 2 N–H and O–H groups in total. The molecule has 0 spiro atoms. The van der Waals surface area contributed by atoms with Gasteiger partial charge >= 0.3 is 0 Å². The molecule has 118 valence electrons. The van der Waals surface area contributed by atoms with Crippen LogP contribution in [0.15, 0.2) is 60.0 Å². The highest BCUT2D eigenvalue weighted by Gasteiger charge is 2.05. The first kappa shape index (κ1) is 14.4. The molecule has 4 aromatic rings. The number of nitrogens with zero attached hydrogens (tertiary/aromatic N) is 3. The van der Waals surface area contributed by atoms with Crippen molar-refractivity contribution < 1.29 is 0 Å². The average Bonchev–Trinajstić information content (AvgIpc) is 3.05. The fourth-order valence-corrected chi connectivity index (χ4v) is 2.91. The molecule has 5 nitrogen and oxygen atoms in total. The van der Waals surface area contributed by atoms with Crippen molar-refractivity contribution in [3.8, 4) is 0 Å². The van der Waals surface area contributed by atoms with Crippen LogP contribution in [-0.4, -0.2) is 21.4 Å². The number of hydrogen-bond acceptors (Lipinski definition) is 4. The van der Waals surface area contributed by atoms with Gasteiger partial charge in [-0.1, -0.05) is 49.4 Å². The number of nitrogens with one attached hydrogen (secondary N) is 2. The first-order chi connectivity index (χ1) is 11.9. The van der Waals surface area contributed by atoms with Gasteiger partial charge in [-0.05, 0) is 12.0 Å². The minimum Gasteiger partial charge on any atom is -0.360 e. The van der Waals surface area contributed by atoms with Crippen LogP contribution in [0.3, 0.4) is 0 Å². The van der Waals surface area contributed by atoms with E-state index in [4.69, 9.17) is 0 Å². The molecule has 5 heteroatoms. The first-order valence-electron chi connectivity index (χ1n) is 7.95. The van der Waals surface area contributed by atoms with Gasteiger partial charge in [-0.2, -0.15) is 10.2 Å². The number of anilines is 1. The molecule has 0 radical (unpaired) electrons. The number of para-hydroxylation sites is 1. The Morgan fingerprint density at radius 1 is 1.12 bits per heavy atom. The molecule has 0 aliphatic carbocycles. The SMILES string of the molecule is CCc1cccc2c(/C=N/Nc3nncc4ccccc34)c[nH]c12. The highest BCUT2D eigenvalue weighted by molar-refractivity contribution is 6.00. The second-order valence-electron chi connectivity index (χ2n) is 5.59. The lowest BCUT2D eigenvalue weighted by molar-refractivity contribution is 1.04. The zero-order valence-electron chi connectivity index (χ0n) is 13.3. The summed E-state index contributed by atoms with van der Waals surface area (Å²) in [6.45, 7) is 2.16. The number of hydrogen-bond donors (Lipinski definition) is 2. The maximum Gasteiger partial charge on any atom is 0.176 e. The molecule has 0 bridgehead atoms. The lowest BCUT2D eigenvalue weighted by Gasteiger charge is -2.02. The minimum absolute atomic E-state index is 0.651. The van der Waals surface area contributed by atoms with E-state index in [1.54, 1.807) is 6.20 Å². The second-order valence-corrected chi connectivity index (χ2v) is 5.59. The van der Waals surface area contributed by atoms with Crippen LogP contribution in [0.1, 0.15) is 18.1 Å². The Kier molecular flexibility index (Phi) is 3.67. The average molecular weight is 315 g/mol. The third kappa shape index (κ3) is 2.50. The van der Waals surface area contributed by atoms with Gasteiger partial charge in [-0.15, -0.1) is 5.10 Å². The maximum atomic E-state index is 4.34. The smallest absolute Gasteiger partial charge is 0.176 e. The number of benzene rings is 2. The Hall–Kier alpha value is -3.21. The molecule has 0 aliphatic rings. The van der Waals surface area contributed by atoms with Crippen molar-refractivity contribution in [2.75, 3.05) is 5.43 Å². The van der Waals surface area contributed by atoms with E-state index in [9.17, 15) is 0 Å². The molecule has 0 unspecified atom stereocenters. The second kappa shape index (κ2) is 6.12. The number of aromatic nitrogens is 3. The van der Waals surface area contributed by atoms with Crippen molar-refractivity contribution in [3.63, 3.8) is 0 Å². The van der Waals surface area contributed by atoms with Crippen molar-refractivity contribution in [1.82, 2.24) is 15.2 Å². The van der Waals surface area contributed by atoms with E-state index in [-0.39, 0.29) is 0 Å². The van der Waals surface area contributed by atoms with Gasteiger partial charge in [0.05, 0.1) is 12.4 Å². The van der Waals surface area contributed by atoms with E-state index in [1.165, 1.54) is 16.5 Å². The Bertz CT molecular complexity index is 1030. The highest BCUT2D eigenvalue weighted by Crippen LogP contribution is 2.22. The third-order valence-electron chi connectivity index (χ3n) is 4.16. The van der Waals surface area contributed by atoms with Gasteiger partial charge in [0.1, 0.15) is 0 Å². The van der Waals surface area contributed by atoms with Crippen LogP contribution >= 0.6 is 0 Å². The minimum atomic E-state index is 0.651. The summed E-state index contributed by atoms with van der Waals surface area (Å²) < 4.78 is 0. The van der Waals surface area contributed by atoms with Gasteiger partial charge in [-0.3, -0.25) is 5.43 Å². The van der Waals surface area contributed by atoms with Crippen molar-refractivity contribution in [1.29, 1.82) is 0 Å². The molecule has 2 heterocycles. The standard InChI is InChI=1S/C19H17N5/c1-2-13-7-5-9-16-15(10-20-18(13)16)12-22-24-19-17-8-4-3-6-14(17)11-21-23-19/h3-12,20H,2H2,1H3,(H,23,24)/b22-12+. The largest absolute Gasteiger partial charge is 0.360 e. The Morgan fingerprint density at radius 2 is 2.00 bits per heavy atom. The van der Waals surface area contributed by atoms with Crippen LogP contribution < -0.4 is 5.43 Å². The number of aryl methyl sites for hydroxylation is 1. The van der Waals surface area contributed by atoms with Crippen LogP contribution in [0.5, 0.6) is 0 Å². The number of hydrazone groups is 1. The summed E-state index contributed by atoms with van der Waals surface area (Å²) in [5, 5.41) is 15.7. The molecule has 0 fully saturated rings. The van der Waals surface area contributed by atoms with E-state index < -0.39 is 0 Å². The molecule has 0 amide bonds. The van der Waals surface area contributed by atoms with Gasteiger partial charge in [0.25, 0.3) is 0 Å². The van der Waals surface area contributed by atoms with Crippen molar-refractivity contribution >= 4 is 33.7 Å². The predicted octanol–water partition coefficient (Wildman–Crippen LogP) is 4.12. The summed E-state index contributed by atoms with van der Waals surface area (Å²) in [6.07, 6.45) is 6.53. The summed E-state index contributed by atoms with van der Waals surface area (Å²) in [5.41, 5.74) is 6.52. The van der Waals surface area contributed by atoms with Gasteiger partial charge in [0.15, 0.2) is 5.82 Å². The summed E-state index contributed by atoms with van der Waals surface area (Å²) in [6, 6.07) is 14.3. The maximum absolute atomic E-state index is 4.34. The van der Waals surface area contributed by atoms with Crippen molar-refractivity contribution in [2.24, 2.45) is 5.10 Å². The molecule has 0 saturated carbocycles. The topological polar surface area (TPSA) is 66.0 Å². The van der Waals surface area contributed by atoms with Gasteiger partial charge < -0.3 is 4.98 Å². The molecule has 0 atom stereocenters. The van der Waals surface area contributed by atoms with Crippen LogP contribution in [0.25, 0.3) is 21.7 Å². The first-order valence-corrected chi connectivity index (χ1v) is 7.95. The van der Waals surface area contributed by atoms with E-state index in [2.05, 4.69) is 50.8 Å². The van der Waals surface area contributed by atoms with Crippen LogP contribution in [0.4, 0.5) is 5.82 Å². The van der Waals surface area contributed by atoms with E-state index in [1.807, 2.05) is 36.7 Å². The zero-order chi connectivity index (χ0) is 16.4. The lowest BCUT2D eigenvalue weighted by Crippen LogP contribution is -1.96. The Balaban J connectivity index is 1.64.